The van der Waals surface area contributed by atoms with Gasteiger partial charge in [-0.1, -0.05) is 63.8 Å². The number of ether oxygens (including phenoxy) is 2. The van der Waals surface area contributed by atoms with Gasteiger partial charge < -0.3 is 24.4 Å². The number of hydrogen-bond acceptors (Lipinski definition) is 7. The first-order valence-electron chi connectivity index (χ1n) is 21.7. The quantitative estimate of drug-likeness (QED) is 0.184. The molecule has 2 amide bonds. The zero-order valence-corrected chi connectivity index (χ0v) is 34.1. The second-order valence-electron chi connectivity index (χ2n) is 18.8. The van der Waals surface area contributed by atoms with Gasteiger partial charge in [0.15, 0.2) is 5.60 Å². The van der Waals surface area contributed by atoms with E-state index < -0.39 is 19.8 Å². The first kappa shape index (κ1) is 37.8. The molecule has 53 heavy (non-hydrogen) atoms. The highest BCUT2D eigenvalue weighted by Crippen LogP contribution is 2.61. The molecule has 7 aliphatic rings. The van der Waals surface area contributed by atoms with Crippen molar-refractivity contribution in [2.24, 2.45) is 17.8 Å². The van der Waals surface area contributed by atoms with Gasteiger partial charge in [0.2, 0.25) is 5.91 Å². The van der Waals surface area contributed by atoms with Crippen LogP contribution < -0.4 is 0 Å². The Balaban J connectivity index is 1.06. The van der Waals surface area contributed by atoms with Crippen molar-refractivity contribution >= 4 is 19.9 Å². The molecule has 2 unspecified atom stereocenters. The van der Waals surface area contributed by atoms with Crippen molar-refractivity contribution in [1.82, 2.24) is 24.8 Å². The van der Waals surface area contributed by atoms with Crippen molar-refractivity contribution in [3.8, 4) is 0 Å². The highest BCUT2D eigenvalue weighted by Gasteiger charge is 2.67. The number of amides is 2. The lowest BCUT2D eigenvalue weighted by molar-refractivity contribution is -0.151. The van der Waals surface area contributed by atoms with E-state index in [4.69, 9.17) is 9.47 Å². The number of methoxy groups -OCH3 is 1. The van der Waals surface area contributed by atoms with E-state index in [1.165, 1.54) is 43.4 Å². The normalized spacial score (nSPS) is 36.4. The summed E-state index contributed by atoms with van der Waals surface area (Å²) in [5.41, 5.74) is 3.38. The van der Waals surface area contributed by atoms with Crippen LogP contribution in [0.5, 0.6) is 0 Å². The van der Waals surface area contributed by atoms with Crippen LogP contribution in [-0.4, -0.2) is 93.8 Å². The van der Waals surface area contributed by atoms with Crippen molar-refractivity contribution in [3.05, 3.63) is 23.2 Å². The fourth-order valence-electron chi connectivity index (χ4n) is 12.7. The standard InChI is InChI=1S/C42H67N5O5Si/c1-28-40(53(3,4)33-19-17-32(51-2)18-20-33)37(21-23-45-27-35(43-44-45)39(49)30-12-6-5-7-13-30)52-42(28)34-15-8-9-16-36(34)47(41(42)50)26-29-11-10-14-31(25-29)46-24-22-38(46)48/h27-33,37,39-40,49H,5-26H2,1-4H3/t28-,29?,31?,32?,33?,37+,39-,40-,42+/m1/s1. The summed E-state index contributed by atoms with van der Waals surface area (Å²) >= 11 is 0. The van der Waals surface area contributed by atoms with Gasteiger partial charge in [-0.25, -0.2) is 0 Å². The lowest BCUT2D eigenvalue weighted by Gasteiger charge is -2.45. The zero-order valence-electron chi connectivity index (χ0n) is 33.1. The van der Waals surface area contributed by atoms with Crippen LogP contribution in [0.1, 0.15) is 141 Å². The largest absolute Gasteiger partial charge is 0.386 e. The monoisotopic (exact) mass is 749 g/mol. The zero-order chi connectivity index (χ0) is 36.9. The first-order chi connectivity index (χ1) is 25.6. The van der Waals surface area contributed by atoms with Crippen LogP contribution in [0.2, 0.25) is 24.2 Å². The number of fused-ring (bicyclic) bond motifs is 1. The fraction of sp³-hybridized carbons (Fsp3) is 0.857. The summed E-state index contributed by atoms with van der Waals surface area (Å²) in [7, 11) is -0.122. The molecule has 294 valence electrons. The molecule has 0 radical (unpaired) electrons. The number of carbonyl (C=O) groups excluding carboxylic acids is 2. The Morgan fingerprint density at radius 3 is 2.47 bits per heavy atom. The van der Waals surface area contributed by atoms with E-state index >= 15 is 4.79 Å². The van der Waals surface area contributed by atoms with Gasteiger partial charge in [-0.05, 0) is 106 Å². The predicted octanol–water partition coefficient (Wildman–Crippen LogP) is 7.55. The second kappa shape index (κ2) is 15.5. The minimum Gasteiger partial charge on any atom is -0.386 e. The summed E-state index contributed by atoms with van der Waals surface area (Å²) in [5.74, 6) is 1.29. The van der Waals surface area contributed by atoms with Gasteiger partial charge in [0.25, 0.3) is 5.91 Å². The topological polar surface area (TPSA) is 110 Å². The van der Waals surface area contributed by atoms with Crippen LogP contribution in [0.4, 0.5) is 0 Å². The third-order valence-electron chi connectivity index (χ3n) is 15.7. The summed E-state index contributed by atoms with van der Waals surface area (Å²) in [5, 5.41) is 20.2. The number of likely N-dealkylation sites (tertiary alicyclic amines) is 1. The Morgan fingerprint density at radius 2 is 1.75 bits per heavy atom. The Bertz CT molecular complexity index is 1520. The molecule has 3 aliphatic heterocycles. The van der Waals surface area contributed by atoms with E-state index in [0.29, 0.717) is 53.7 Å². The van der Waals surface area contributed by atoms with E-state index in [1.54, 1.807) is 0 Å². The van der Waals surface area contributed by atoms with Gasteiger partial charge in [-0.2, -0.15) is 0 Å². The van der Waals surface area contributed by atoms with E-state index in [0.717, 1.165) is 96.6 Å². The van der Waals surface area contributed by atoms with Crippen LogP contribution >= 0.6 is 0 Å². The average molecular weight is 750 g/mol. The van der Waals surface area contributed by atoms with Crippen molar-refractivity contribution in [1.29, 1.82) is 0 Å². The molecule has 0 aromatic carbocycles. The highest BCUT2D eigenvalue weighted by atomic mass is 28.3. The molecule has 4 heterocycles. The Hall–Kier alpha value is -2.08. The van der Waals surface area contributed by atoms with Gasteiger partial charge in [-0.3, -0.25) is 14.3 Å². The Labute approximate surface area is 318 Å². The molecule has 4 aliphatic carbocycles. The number of nitrogens with zero attached hydrogens (tertiary/aromatic N) is 5. The second-order valence-corrected chi connectivity index (χ2v) is 24.0. The summed E-state index contributed by atoms with van der Waals surface area (Å²) in [4.78, 5) is 32.0. The molecule has 3 saturated carbocycles. The summed E-state index contributed by atoms with van der Waals surface area (Å²) < 4.78 is 15.3. The lowest BCUT2D eigenvalue weighted by atomic mass is 9.78. The molecule has 2 saturated heterocycles. The minimum absolute atomic E-state index is 0.0428. The molecule has 5 fully saturated rings. The van der Waals surface area contributed by atoms with Crippen molar-refractivity contribution in [2.45, 2.75) is 190 Å². The molecule has 0 bridgehead atoms. The van der Waals surface area contributed by atoms with E-state index in [1.807, 2.05) is 18.0 Å². The number of β-lactam (4-membered cyclic amide) rings is 1. The molecule has 8 rings (SSSR count). The molecular formula is C42H67N5O5Si. The number of allylic oxidation sites excluding steroid dienone is 1. The predicted molar refractivity (Wildman–Crippen MR) is 206 cm³/mol. The summed E-state index contributed by atoms with van der Waals surface area (Å²) in [6.45, 7) is 9.90. The third kappa shape index (κ3) is 6.90. The molecule has 10 nitrogen and oxygen atoms in total. The van der Waals surface area contributed by atoms with Crippen LogP contribution in [0.3, 0.4) is 0 Å². The number of carbonyl (C=O) groups is 2. The first-order valence-corrected chi connectivity index (χ1v) is 24.9. The lowest BCUT2D eigenvalue weighted by Crippen LogP contribution is -2.53. The molecule has 11 heteroatoms. The maximum Gasteiger partial charge on any atom is 0.263 e. The third-order valence-corrected chi connectivity index (χ3v) is 21.0. The van der Waals surface area contributed by atoms with Gasteiger partial charge in [0.1, 0.15) is 11.8 Å². The fourth-order valence-corrected chi connectivity index (χ4v) is 17.8. The SMILES string of the molecule is COC1CCC([Si](C)(C)[C@H]2[C@H](CCn3cc([C@H](O)C4CCCCC4)nn3)O[C@@]3(C(=O)N(CC4CCCC(N5CCC5=O)C4)C4=C3CCCC4)[C@@H]2C)CC1. The minimum atomic E-state index is -1.98. The number of aliphatic hydroxyl groups is 1. The summed E-state index contributed by atoms with van der Waals surface area (Å²) in [6, 6.07) is 0.331. The van der Waals surface area contributed by atoms with Crippen LogP contribution in [0.25, 0.3) is 0 Å². The molecule has 1 spiro atoms. The molecule has 1 aromatic rings. The van der Waals surface area contributed by atoms with Crippen molar-refractivity contribution < 1.29 is 24.2 Å². The van der Waals surface area contributed by atoms with E-state index in [2.05, 4.69) is 40.1 Å². The molecule has 7 atom stereocenters. The maximum atomic E-state index is 15.3. The maximum absolute atomic E-state index is 15.3. The van der Waals surface area contributed by atoms with E-state index in [9.17, 15) is 9.90 Å². The molecule has 1 N–H and O–H groups in total. The number of rotatable bonds is 11. The number of aromatic nitrogens is 3. The van der Waals surface area contributed by atoms with Crippen molar-refractivity contribution in [3.63, 3.8) is 0 Å². The number of aryl methyl sites for hydroxylation is 1. The number of aliphatic hydroxyl groups excluding tert-OH is 1. The smallest absolute Gasteiger partial charge is 0.263 e. The molecular weight excluding hydrogens is 683 g/mol. The highest BCUT2D eigenvalue weighted by molar-refractivity contribution is 6.80. The Kier molecular flexibility index (Phi) is 11.0. The van der Waals surface area contributed by atoms with Gasteiger partial charge in [0, 0.05) is 50.8 Å². The van der Waals surface area contributed by atoms with Gasteiger partial charge >= 0.3 is 0 Å². The Morgan fingerprint density at radius 1 is 0.981 bits per heavy atom. The number of hydrogen-bond donors (Lipinski definition) is 1. The van der Waals surface area contributed by atoms with E-state index in [-0.39, 0.29) is 23.8 Å². The van der Waals surface area contributed by atoms with Crippen molar-refractivity contribution in [2.75, 3.05) is 20.2 Å². The summed E-state index contributed by atoms with van der Waals surface area (Å²) in [6.07, 6.45) is 22.1. The molecule has 1 aromatic heterocycles. The van der Waals surface area contributed by atoms with Gasteiger partial charge in [-0.15, -0.1) is 5.10 Å². The van der Waals surface area contributed by atoms with Crippen LogP contribution in [0.15, 0.2) is 17.5 Å². The van der Waals surface area contributed by atoms with Crippen LogP contribution in [-0.2, 0) is 25.6 Å². The average Bonchev–Trinajstić information content (AvgIpc) is 3.84. The van der Waals surface area contributed by atoms with Crippen LogP contribution in [0, 0.1) is 17.8 Å². The van der Waals surface area contributed by atoms with Gasteiger partial charge in [0.05, 0.1) is 26.5 Å².